The van der Waals surface area contributed by atoms with Gasteiger partial charge in [0.1, 0.15) is 5.60 Å². The highest BCUT2D eigenvalue weighted by Crippen LogP contribution is 2.31. The van der Waals surface area contributed by atoms with Crippen molar-refractivity contribution in [3.8, 4) is 0 Å². The van der Waals surface area contributed by atoms with Crippen LogP contribution in [-0.2, 0) is 9.59 Å². The van der Waals surface area contributed by atoms with Crippen molar-refractivity contribution in [3.05, 3.63) is 24.1 Å². The largest absolute Gasteiger partial charge is 0.503 e. The van der Waals surface area contributed by atoms with Crippen LogP contribution < -0.4 is 0 Å². The first-order valence-corrected chi connectivity index (χ1v) is 4.46. The Hall–Kier alpha value is -1.62. The molecule has 0 aliphatic heterocycles. The molecule has 0 fully saturated rings. The standard InChI is InChI=1S/C10H13NO4/c1-3-4-11(6-12)7-5-10(2,15)9(14)8(7)13/h3,6,13,15H,1,4-5H2,2H3. The molecule has 0 aromatic rings. The molecule has 0 heterocycles. The van der Waals surface area contributed by atoms with Gasteiger partial charge in [0, 0.05) is 13.0 Å². The van der Waals surface area contributed by atoms with Gasteiger partial charge in [-0.2, -0.15) is 0 Å². The zero-order valence-electron chi connectivity index (χ0n) is 8.43. The number of hydrogen-bond donors (Lipinski definition) is 2. The van der Waals surface area contributed by atoms with Gasteiger partial charge in [0.15, 0.2) is 5.76 Å². The Balaban J connectivity index is 3.00. The molecule has 0 spiro atoms. The van der Waals surface area contributed by atoms with E-state index in [1.54, 1.807) is 0 Å². The van der Waals surface area contributed by atoms with Gasteiger partial charge in [-0.15, -0.1) is 6.58 Å². The average molecular weight is 211 g/mol. The number of nitrogens with zero attached hydrogens (tertiary/aromatic N) is 1. The van der Waals surface area contributed by atoms with E-state index in [9.17, 15) is 19.8 Å². The van der Waals surface area contributed by atoms with Gasteiger partial charge in [0.2, 0.25) is 12.2 Å². The Morgan fingerprint density at radius 3 is 2.60 bits per heavy atom. The maximum atomic E-state index is 11.3. The number of rotatable bonds is 4. The van der Waals surface area contributed by atoms with Gasteiger partial charge in [0.25, 0.3) is 0 Å². The predicted octanol–water partition coefficient (Wildman–Crippen LogP) is 0.124. The monoisotopic (exact) mass is 211 g/mol. The third kappa shape index (κ3) is 1.92. The number of Topliss-reactive ketones (excluding diaryl/α,β-unsaturated/α-hetero) is 1. The van der Waals surface area contributed by atoms with Gasteiger partial charge in [0.05, 0.1) is 5.70 Å². The summed E-state index contributed by atoms with van der Waals surface area (Å²) in [5, 5.41) is 19.1. The molecular weight excluding hydrogens is 198 g/mol. The molecule has 0 aromatic carbocycles. The number of ketones is 1. The molecule has 1 rings (SSSR count). The zero-order chi connectivity index (χ0) is 11.6. The summed E-state index contributed by atoms with van der Waals surface area (Å²) in [7, 11) is 0. The molecule has 0 saturated heterocycles. The summed E-state index contributed by atoms with van der Waals surface area (Å²) in [5.74, 6) is -1.30. The zero-order valence-corrected chi connectivity index (χ0v) is 8.43. The highest BCUT2D eigenvalue weighted by Gasteiger charge is 2.43. The second-order valence-corrected chi connectivity index (χ2v) is 3.62. The van der Waals surface area contributed by atoms with Crippen LogP contribution in [0.5, 0.6) is 0 Å². The SMILES string of the molecule is C=CCN(C=O)C1=C(O)C(=O)C(C)(O)C1. The molecule has 5 nitrogen and oxygen atoms in total. The number of hydrogen-bond acceptors (Lipinski definition) is 4. The summed E-state index contributed by atoms with van der Waals surface area (Å²) in [4.78, 5) is 23.2. The number of amides is 1. The van der Waals surface area contributed by atoms with E-state index in [2.05, 4.69) is 6.58 Å². The topological polar surface area (TPSA) is 77.8 Å². The van der Waals surface area contributed by atoms with E-state index in [4.69, 9.17) is 0 Å². The molecule has 1 atom stereocenters. The van der Waals surface area contributed by atoms with Crippen molar-refractivity contribution < 1.29 is 19.8 Å². The molecular formula is C10H13NO4. The number of aliphatic hydroxyl groups excluding tert-OH is 1. The van der Waals surface area contributed by atoms with Crippen molar-refractivity contribution in [3.63, 3.8) is 0 Å². The molecule has 1 amide bonds. The minimum absolute atomic E-state index is 0.0652. The minimum Gasteiger partial charge on any atom is -0.503 e. The fourth-order valence-electron chi connectivity index (χ4n) is 1.47. The van der Waals surface area contributed by atoms with Crippen LogP contribution in [0.15, 0.2) is 24.1 Å². The fraction of sp³-hybridized carbons (Fsp3) is 0.400. The van der Waals surface area contributed by atoms with Crippen molar-refractivity contribution in [2.75, 3.05) is 6.54 Å². The van der Waals surface area contributed by atoms with E-state index >= 15 is 0 Å². The van der Waals surface area contributed by atoms with E-state index in [0.717, 1.165) is 4.90 Å². The van der Waals surface area contributed by atoms with E-state index < -0.39 is 17.1 Å². The third-order valence-corrected chi connectivity index (χ3v) is 2.29. The molecule has 0 radical (unpaired) electrons. The predicted molar refractivity (Wildman–Crippen MR) is 52.9 cm³/mol. The lowest BCUT2D eigenvalue weighted by atomic mass is 10.0. The molecule has 1 aliphatic rings. The lowest BCUT2D eigenvalue weighted by Crippen LogP contribution is -2.31. The van der Waals surface area contributed by atoms with Crippen molar-refractivity contribution in [2.24, 2.45) is 0 Å². The van der Waals surface area contributed by atoms with Crippen LogP contribution in [0.25, 0.3) is 0 Å². The van der Waals surface area contributed by atoms with Crippen LogP contribution in [0.2, 0.25) is 0 Å². The molecule has 2 N–H and O–H groups in total. The molecule has 0 saturated carbocycles. The molecule has 15 heavy (non-hydrogen) atoms. The second kappa shape index (κ2) is 3.86. The van der Waals surface area contributed by atoms with Gasteiger partial charge >= 0.3 is 0 Å². The van der Waals surface area contributed by atoms with Crippen LogP contribution in [-0.4, -0.2) is 39.5 Å². The molecule has 82 valence electrons. The lowest BCUT2D eigenvalue weighted by molar-refractivity contribution is -0.132. The number of carbonyl (C=O) groups excluding carboxylic acids is 2. The Morgan fingerprint density at radius 1 is 1.67 bits per heavy atom. The van der Waals surface area contributed by atoms with E-state index in [-0.39, 0.29) is 18.7 Å². The highest BCUT2D eigenvalue weighted by atomic mass is 16.3. The Kier molecular flexibility index (Phi) is 2.95. The second-order valence-electron chi connectivity index (χ2n) is 3.62. The Labute approximate surface area is 87.3 Å². The Bertz CT molecular complexity index is 343. The summed E-state index contributed by atoms with van der Waals surface area (Å²) in [6, 6.07) is 0. The number of carbonyl (C=O) groups is 2. The summed E-state index contributed by atoms with van der Waals surface area (Å²) in [6.07, 6.45) is 1.89. The van der Waals surface area contributed by atoms with Crippen LogP contribution in [0.1, 0.15) is 13.3 Å². The van der Waals surface area contributed by atoms with Crippen molar-refractivity contribution >= 4 is 12.2 Å². The van der Waals surface area contributed by atoms with Gasteiger partial charge < -0.3 is 15.1 Å². The van der Waals surface area contributed by atoms with Crippen LogP contribution in [0, 0.1) is 0 Å². The maximum Gasteiger partial charge on any atom is 0.230 e. The smallest absolute Gasteiger partial charge is 0.230 e. The van der Waals surface area contributed by atoms with Crippen LogP contribution in [0.4, 0.5) is 0 Å². The van der Waals surface area contributed by atoms with E-state index in [1.165, 1.54) is 13.0 Å². The van der Waals surface area contributed by atoms with Gasteiger partial charge in [-0.1, -0.05) is 6.08 Å². The first-order chi connectivity index (χ1) is 6.94. The van der Waals surface area contributed by atoms with Crippen molar-refractivity contribution in [1.82, 2.24) is 4.90 Å². The van der Waals surface area contributed by atoms with E-state index in [0.29, 0.717) is 6.41 Å². The summed E-state index contributed by atoms with van der Waals surface area (Å²) >= 11 is 0. The van der Waals surface area contributed by atoms with Crippen LogP contribution in [0.3, 0.4) is 0 Å². The quantitative estimate of drug-likeness (QED) is 0.511. The van der Waals surface area contributed by atoms with Crippen LogP contribution >= 0.6 is 0 Å². The normalized spacial score (nSPS) is 25.6. The molecule has 0 aromatic heterocycles. The van der Waals surface area contributed by atoms with Crippen molar-refractivity contribution in [1.29, 1.82) is 0 Å². The first kappa shape index (κ1) is 11.5. The number of aliphatic hydroxyl groups is 2. The molecule has 1 unspecified atom stereocenters. The van der Waals surface area contributed by atoms with E-state index in [1.807, 2.05) is 0 Å². The van der Waals surface area contributed by atoms with Crippen molar-refractivity contribution in [2.45, 2.75) is 18.9 Å². The average Bonchev–Trinajstić information content (AvgIpc) is 2.39. The van der Waals surface area contributed by atoms with Gasteiger partial charge in [-0.05, 0) is 6.92 Å². The lowest BCUT2D eigenvalue weighted by Gasteiger charge is -2.18. The molecule has 5 heteroatoms. The third-order valence-electron chi connectivity index (χ3n) is 2.29. The maximum absolute atomic E-state index is 11.3. The fourth-order valence-corrected chi connectivity index (χ4v) is 1.47. The summed E-state index contributed by atoms with van der Waals surface area (Å²) in [5.41, 5.74) is -1.48. The Morgan fingerprint density at radius 2 is 2.27 bits per heavy atom. The molecule has 0 bridgehead atoms. The van der Waals surface area contributed by atoms with Gasteiger partial charge in [-0.25, -0.2) is 0 Å². The summed E-state index contributed by atoms with van der Waals surface area (Å²) < 4.78 is 0. The minimum atomic E-state index is -1.62. The summed E-state index contributed by atoms with van der Waals surface area (Å²) in [6.45, 7) is 4.94. The molecule has 1 aliphatic carbocycles. The highest BCUT2D eigenvalue weighted by molar-refractivity contribution is 6.03. The first-order valence-electron chi connectivity index (χ1n) is 4.46. The van der Waals surface area contributed by atoms with Gasteiger partial charge in [-0.3, -0.25) is 9.59 Å².